The van der Waals surface area contributed by atoms with E-state index in [2.05, 4.69) is 10.6 Å². The first-order valence-electron chi connectivity index (χ1n) is 13.1. The van der Waals surface area contributed by atoms with Crippen molar-refractivity contribution in [1.29, 1.82) is 0 Å². The Morgan fingerprint density at radius 1 is 1.05 bits per heavy atom. The average molecular weight is 559 g/mol. The lowest BCUT2D eigenvalue weighted by Crippen LogP contribution is -2.47. The van der Waals surface area contributed by atoms with Crippen LogP contribution in [0.15, 0.2) is 42.5 Å². The van der Waals surface area contributed by atoms with Gasteiger partial charge in [0.05, 0.1) is 32.6 Å². The summed E-state index contributed by atoms with van der Waals surface area (Å²) in [6, 6.07) is 12.7. The Morgan fingerprint density at radius 3 is 2.58 bits per heavy atom. The number of carbonyl (C=O) groups is 2. The summed E-state index contributed by atoms with van der Waals surface area (Å²) in [6.45, 7) is 3.27. The number of nitrogens with two attached hydrogens (primary N) is 1. The van der Waals surface area contributed by atoms with Crippen molar-refractivity contribution in [2.24, 2.45) is 11.7 Å². The number of aromatic nitrogens is 2. The van der Waals surface area contributed by atoms with Crippen molar-refractivity contribution in [2.45, 2.75) is 37.8 Å². The van der Waals surface area contributed by atoms with Crippen LogP contribution in [0.25, 0.3) is 11.0 Å². The Hall–Kier alpha value is -2.65. The van der Waals surface area contributed by atoms with E-state index in [1.54, 1.807) is 30.2 Å². The molecule has 0 bridgehead atoms. The van der Waals surface area contributed by atoms with E-state index >= 15 is 0 Å². The number of hydrogen-bond donors (Lipinski definition) is 1. The van der Waals surface area contributed by atoms with Gasteiger partial charge in [0, 0.05) is 58.4 Å². The van der Waals surface area contributed by atoms with E-state index in [1.165, 1.54) is 0 Å². The van der Waals surface area contributed by atoms with Crippen molar-refractivity contribution >= 4 is 46.0 Å². The van der Waals surface area contributed by atoms with Gasteiger partial charge in [0.2, 0.25) is 5.91 Å². The number of piperidine rings is 1. The minimum absolute atomic E-state index is 0.00944. The first-order valence-corrected chi connectivity index (χ1v) is 13.9. The fraction of sp³-hybridized carbons (Fsp3) is 0.464. The largest absolute Gasteiger partial charge is 0.385 e. The number of amides is 2. The Kier molecular flexibility index (Phi) is 8.23. The number of nitrogens with zero attached hydrogens (tertiary/aromatic N) is 4. The zero-order valence-corrected chi connectivity index (χ0v) is 23.0. The van der Waals surface area contributed by atoms with Gasteiger partial charge in [0.15, 0.2) is 0 Å². The summed E-state index contributed by atoms with van der Waals surface area (Å²) in [6.07, 6.45) is 2.73. The maximum absolute atomic E-state index is 13.7. The Bertz CT molecular complexity index is 1310. The maximum atomic E-state index is 13.7. The second-order valence-electron chi connectivity index (χ2n) is 10.2. The number of ether oxygens (including phenoxy) is 1. The topological polar surface area (TPSA) is 93.7 Å². The van der Waals surface area contributed by atoms with E-state index in [4.69, 9.17) is 38.7 Å². The third-order valence-corrected chi connectivity index (χ3v) is 8.29. The summed E-state index contributed by atoms with van der Waals surface area (Å²) >= 11 is 12.5. The highest BCUT2D eigenvalue weighted by Gasteiger charge is 2.41. The van der Waals surface area contributed by atoms with Crippen molar-refractivity contribution in [2.75, 3.05) is 39.9 Å². The molecule has 3 aromatic rings. The van der Waals surface area contributed by atoms with Gasteiger partial charge in [0.1, 0.15) is 5.82 Å². The number of aryl methyl sites for hydroxylation is 1. The van der Waals surface area contributed by atoms with Gasteiger partial charge in [-0.2, -0.15) is 0 Å². The van der Waals surface area contributed by atoms with Crippen molar-refractivity contribution in [3.05, 3.63) is 63.9 Å². The number of methoxy groups -OCH3 is 1. The molecule has 2 aromatic carbocycles. The quantitative estimate of drug-likeness (QED) is 0.439. The molecule has 0 spiro atoms. The van der Waals surface area contributed by atoms with Gasteiger partial charge in [-0.3, -0.25) is 9.59 Å². The lowest BCUT2D eigenvalue weighted by molar-refractivity contribution is -0.136. The predicted octanol–water partition coefficient (Wildman–Crippen LogP) is 4.19. The molecule has 38 heavy (non-hydrogen) atoms. The summed E-state index contributed by atoms with van der Waals surface area (Å²) < 4.78 is 7.56. The normalized spacial score (nSPS) is 21.8. The van der Waals surface area contributed by atoms with E-state index < -0.39 is 12.0 Å². The second-order valence-corrected chi connectivity index (χ2v) is 11.0. The maximum Gasteiger partial charge on any atom is 0.256 e. The summed E-state index contributed by atoms with van der Waals surface area (Å²) in [5.74, 6) is 0.359. The molecule has 202 valence electrons. The molecule has 1 aromatic heterocycles. The van der Waals surface area contributed by atoms with Crippen LogP contribution in [-0.4, -0.2) is 77.1 Å². The molecule has 2 aliphatic rings. The zero-order valence-electron chi connectivity index (χ0n) is 21.5. The lowest BCUT2D eigenvalue weighted by atomic mass is 9.94. The molecular weight excluding hydrogens is 525 g/mol. The molecule has 0 radical (unpaired) electrons. The predicted molar refractivity (Wildman–Crippen MR) is 149 cm³/mol. The molecule has 2 N–H and O–H groups in total. The highest BCUT2D eigenvalue weighted by Crippen LogP contribution is 2.32. The average Bonchev–Trinajstić information content (AvgIpc) is 3.49. The molecule has 10 heteroatoms. The highest BCUT2D eigenvalue weighted by molar-refractivity contribution is 6.39. The number of para-hydroxylation sites is 2. The van der Waals surface area contributed by atoms with E-state index in [-0.39, 0.29) is 46.4 Å². The van der Waals surface area contributed by atoms with Crippen molar-refractivity contribution in [3.63, 3.8) is 0 Å². The Balaban J connectivity index is 1.32. The second kappa shape index (κ2) is 11.6. The Morgan fingerprint density at radius 2 is 1.82 bits per heavy atom. The summed E-state index contributed by atoms with van der Waals surface area (Å²) in [7, 11) is 1.71. The third kappa shape index (κ3) is 5.27. The van der Waals surface area contributed by atoms with Crippen LogP contribution in [0.5, 0.6) is 0 Å². The van der Waals surface area contributed by atoms with Gasteiger partial charge in [-0.15, -0.1) is 0 Å². The molecule has 0 saturated carbocycles. The van der Waals surface area contributed by atoms with Crippen LogP contribution in [0.4, 0.5) is 0 Å². The summed E-state index contributed by atoms with van der Waals surface area (Å²) in [4.78, 5) is 35.4. The van der Waals surface area contributed by atoms with Crippen LogP contribution in [0.1, 0.15) is 41.4 Å². The van der Waals surface area contributed by atoms with E-state index in [9.17, 15) is 9.59 Å². The van der Waals surface area contributed by atoms with Crippen LogP contribution >= 0.6 is 23.2 Å². The highest BCUT2D eigenvalue weighted by atomic mass is 35.5. The van der Waals surface area contributed by atoms with E-state index in [0.29, 0.717) is 19.7 Å². The van der Waals surface area contributed by atoms with Gasteiger partial charge in [-0.25, -0.2) is 4.98 Å². The molecule has 3 atom stereocenters. The zero-order chi connectivity index (χ0) is 26.8. The SMILES string of the molecule is COCCCn1c([C@@H]2CCCN(C(=O)[C@@H]3CN(C(=O)c4c(Cl)cccc4Cl)C[C@H]3N)C2)nc2ccccc21. The monoisotopic (exact) mass is 557 g/mol. The minimum atomic E-state index is -0.473. The number of imidazole rings is 1. The lowest BCUT2D eigenvalue weighted by Gasteiger charge is -2.35. The molecule has 2 amide bonds. The van der Waals surface area contributed by atoms with Crippen molar-refractivity contribution < 1.29 is 14.3 Å². The molecule has 8 nitrogen and oxygen atoms in total. The molecule has 2 saturated heterocycles. The number of rotatable bonds is 7. The van der Waals surface area contributed by atoms with Crippen LogP contribution in [0.2, 0.25) is 10.0 Å². The number of benzene rings is 2. The molecular formula is C28H33Cl2N5O3. The molecule has 5 rings (SSSR count). The molecule has 2 fully saturated rings. The van der Waals surface area contributed by atoms with Crippen molar-refractivity contribution in [1.82, 2.24) is 19.4 Å². The molecule has 2 aliphatic heterocycles. The van der Waals surface area contributed by atoms with Crippen LogP contribution in [0.3, 0.4) is 0 Å². The number of carbonyl (C=O) groups excluding carboxylic acids is 2. The van der Waals surface area contributed by atoms with E-state index in [1.807, 2.05) is 23.1 Å². The summed E-state index contributed by atoms with van der Waals surface area (Å²) in [5, 5.41) is 0.580. The fourth-order valence-electron chi connectivity index (χ4n) is 5.75. The van der Waals surface area contributed by atoms with Gasteiger partial charge in [0.25, 0.3) is 5.91 Å². The number of fused-ring (bicyclic) bond motifs is 1. The molecule has 3 heterocycles. The standard InChI is InChI=1S/C28H33Cl2N5O3/c1-38-14-6-13-35-24-11-3-2-10-23(24)32-26(35)18-7-5-12-33(15-18)27(36)19-16-34(17-22(19)31)28(37)25-20(29)8-4-9-21(25)30/h2-4,8-11,18-19,22H,5-7,12-17,31H2,1H3/t18-,19-,22-/m1/s1. The van der Waals surface area contributed by atoms with Crippen LogP contribution in [0, 0.1) is 5.92 Å². The minimum Gasteiger partial charge on any atom is -0.385 e. The molecule has 0 unspecified atom stereocenters. The smallest absolute Gasteiger partial charge is 0.256 e. The van der Waals surface area contributed by atoms with Crippen molar-refractivity contribution in [3.8, 4) is 0 Å². The van der Waals surface area contributed by atoms with Gasteiger partial charge < -0.3 is 24.8 Å². The van der Waals surface area contributed by atoms with E-state index in [0.717, 1.165) is 42.7 Å². The summed E-state index contributed by atoms with van der Waals surface area (Å²) in [5.41, 5.74) is 8.74. The fourth-order valence-corrected chi connectivity index (χ4v) is 6.31. The van der Waals surface area contributed by atoms with Gasteiger partial charge >= 0.3 is 0 Å². The number of halogens is 2. The number of likely N-dealkylation sites (tertiary alicyclic amines) is 2. The number of hydrogen-bond acceptors (Lipinski definition) is 5. The van der Waals surface area contributed by atoms with Crippen LogP contribution in [-0.2, 0) is 16.1 Å². The first-order chi connectivity index (χ1) is 18.4. The van der Waals surface area contributed by atoms with Gasteiger partial charge in [-0.1, -0.05) is 41.4 Å². The van der Waals surface area contributed by atoms with Crippen LogP contribution < -0.4 is 5.73 Å². The Labute approximate surface area is 232 Å². The third-order valence-electron chi connectivity index (χ3n) is 7.66. The van der Waals surface area contributed by atoms with Gasteiger partial charge in [-0.05, 0) is 43.5 Å². The first kappa shape index (κ1) is 26.9. The molecule has 0 aliphatic carbocycles.